The summed E-state index contributed by atoms with van der Waals surface area (Å²) in [5.41, 5.74) is 1.00. The molecule has 2 atom stereocenters. The number of rotatable bonds is 3. The molecule has 1 saturated heterocycles. The lowest BCUT2D eigenvalue weighted by molar-refractivity contribution is -0.133. The fourth-order valence-electron chi connectivity index (χ4n) is 2.47. The molecule has 0 aromatic heterocycles. The van der Waals surface area contributed by atoms with Gasteiger partial charge in [-0.2, -0.15) is 0 Å². The highest BCUT2D eigenvalue weighted by Gasteiger charge is 2.26. The van der Waals surface area contributed by atoms with Crippen LogP contribution in [-0.4, -0.2) is 29.9 Å². The lowest BCUT2D eigenvalue weighted by Crippen LogP contribution is -2.47. The highest BCUT2D eigenvalue weighted by molar-refractivity contribution is 5.81. The Kier molecular flexibility index (Phi) is 4.24. The second kappa shape index (κ2) is 5.89. The number of nitrogens with zero attached hydrogens (tertiary/aromatic N) is 1. The van der Waals surface area contributed by atoms with Gasteiger partial charge in [-0.15, -0.1) is 0 Å². The molecule has 1 amide bonds. The van der Waals surface area contributed by atoms with Crippen LogP contribution in [0.4, 0.5) is 5.69 Å². The van der Waals surface area contributed by atoms with Crippen LogP contribution in [0.1, 0.15) is 26.7 Å². The number of likely N-dealkylation sites (tertiary alicyclic amines) is 1. The molecule has 3 heteroatoms. The summed E-state index contributed by atoms with van der Waals surface area (Å²) in [7, 11) is 0. The Bertz CT molecular complexity index is 391. The number of hydrogen-bond donors (Lipinski definition) is 1. The first kappa shape index (κ1) is 12.9. The maximum atomic E-state index is 12.2. The average Bonchev–Trinajstić information content (AvgIpc) is 2.40. The number of carbonyl (C=O) groups is 1. The second-order valence-electron chi connectivity index (χ2n) is 5.30. The monoisotopic (exact) mass is 246 g/mol. The summed E-state index contributed by atoms with van der Waals surface area (Å²) >= 11 is 0. The van der Waals surface area contributed by atoms with Crippen molar-refractivity contribution in [1.29, 1.82) is 0 Å². The minimum atomic E-state index is 0.206. The molecule has 2 unspecified atom stereocenters. The van der Waals surface area contributed by atoms with Crippen LogP contribution in [0.5, 0.6) is 0 Å². The van der Waals surface area contributed by atoms with Crippen molar-refractivity contribution >= 4 is 11.6 Å². The molecule has 1 heterocycles. The first-order chi connectivity index (χ1) is 8.66. The molecule has 1 aromatic carbocycles. The summed E-state index contributed by atoms with van der Waals surface area (Å²) < 4.78 is 0. The zero-order chi connectivity index (χ0) is 13.0. The summed E-state index contributed by atoms with van der Waals surface area (Å²) in [4.78, 5) is 14.2. The number of anilines is 1. The van der Waals surface area contributed by atoms with Crippen molar-refractivity contribution in [3.63, 3.8) is 0 Å². The molecule has 0 bridgehead atoms. The number of piperidine rings is 1. The van der Waals surface area contributed by atoms with Crippen LogP contribution in [0.3, 0.4) is 0 Å². The van der Waals surface area contributed by atoms with Gasteiger partial charge in [0.25, 0.3) is 0 Å². The fraction of sp³-hybridized carbons (Fsp3) is 0.533. The third-order valence-corrected chi connectivity index (χ3v) is 3.66. The van der Waals surface area contributed by atoms with E-state index in [4.69, 9.17) is 0 Å². The maximum Gasteiger partial charge on any atom is 0.242 e. The van der Waals surface area contributed by atoms with E-state index in [-0.39, 0.29) is 5.91 Å². The number of carbonyl (C=O) groups excluding carboxylic acids is 1. The molecule has 1 aromatic rings. The SMILES string of the molecule is CC1CCC(C)N(C(=O)CNc2ccccc2)C1. The first-order valence-electron chi connectivity index (χ1n) is 6.75. The second-order valence-corrected chi connectivity index (χ2v) is 5.30. The van der Waals surface area contributed by atoms with Crippen LogP contribution in [0, 0.1) is 5.92 Å². The van der Waals surface area contributed by atoms with Gasteiger partial charge >= 0.3 is 0 Å². The fourth-order valence-corrected chi connectivity index (χ4v) is 2.47. The third-order valence-electron chi connectivity index (χ3n) is 3.66. The molecule has 1 fully saturated rings. The lowest BCUT2D eigenvalue weighted by Gasteiger charge is -2.37. The van der Waals surface area contributed by atoms with Crippen molar-refractivity contribution in [3.05, 3.63) is 30.3 Å². The highest BCUT2D eigenvalue weighted by atomic mass is 16.2. The van der Waals surface area contributed by atoms with Crippen LogP contribution in [-0.2, 0) is 4.79 Å². The van der Waals surface area contributed by atoms with Gasteiger partial charge in [-0.25, -0.2) is 0 Å². The van der Waals surface area contributed by atoms with Crippen LogP contribution in [0.25, 0.3) is 0 Å². The smallest absolute Gasteiger partial charge is 0.242 e. The van der Waals surface area contributed by atoms with E-state index >= 15 is 0 Å². The van der Waals surface area contributed by atoms with E-state index in [2.05, 4.69) is 19.2 Å². The molecule has 1 aliphatic heterocycles. The minimum absolute atomic E-state index is 0.206. The van der Waals surface area contributed by atoms with Crippen molar-refractivity contribution in [3.8, 4) is 0 Å². The minimum Gasteiger partial charge on any atom is -0.376 e. The van der Waals surface area contributed by atoms with E-state index in [1.165, 1.54) is 6.42 Å². The molecule has 1 aliphatic rings. The summed E-state index contributed by atoms with van der Waals surface area (Å²) in [6.07, 6.45) is 2.36. The zero-order valence-electron chi connectivity index (χ0n) is 11.2. The van der Waals surface area contributed by atoms with Gasteiger partial charge in [0.2, 0.25) is 5.91 Å². The van der Waals surface area contributed by atoms with Gasteiger partial charge in [0.1, 0.15) is 0 Å². The van der Waals surface area contributed by atoms with Crippen LogP contribution >= 0.6 is 0 Å². The van der Waals surface area contributed by atoms with E-state index in [9.17, 15) is 4.79 Å². The Hall–Kier alpha value is -1.51. The normalized spacial score (nSPS) is 23.8. The van der Waals surface area contributed by atoms with Gasteiger partial charge in [-0.3, -0.25) is 4.79 Å². The van der Waals surface area contributed by atoms with Crippen LogP contribution in [0.2, 0.25) is 0 Å². The molecule has 2 rings (SSSR count). The Balaban J connectivity index is 1.87. The third kappa shape index (κ3) is 3.25. The molecular weight excluding hydrogens is 224 g/mol. The topological polar surface area (TPSA) is 32.3 Å². The summed E-state index contributed by atoms with van der Waals surface area (Å²) in [6, 6.07) is 10.3. The largest absolute Gasteiger partial charge is 0.376 e. The predicted molar refractivity (Wildman–Crippen MR) is 74.5 cm³/mol. The summed E-state index contributed by atoms with van der Waals surface area (Å²) in [6.45, 7) is 5.65. The lowest BCUT2D eigenvalue weighted by atomic mass is 9.95. The zero-order valence-corrected chi connectivity index (χ0v) is 11.2. The predicted octanol–water partition coefficient (Wildman–Crippen LogP) is 2.75. The molecule has 0 aliphatic carbocycles. The first-order valence-corrected chi connectivity index (χ1v) is 6.75. The van der Waals surface area contributed by atoms with E-state index < -0.39 is 0 Å². The quantitative estimate of drug-likeness (QED) is 0.889. The van der Waals surface area contributed by atoms with Crippen molar-refractivity contribution in [1.82, 2.24) is 4.90 Å². The number of nitrogens with one attached hydrogen (secondary N) is 1. The molecule has 0 spiro atoms. The molecular formula is C15H22N2O. The van der Waals surface area contributed by atoms with Gasteiger partial charge in [0.05, 0.1) is 6.54 Å². The maximum absolute atomic E-state index is 12.2. The standard InChI is InChI=1S/C15H22N2O/c1-12-8-9-13(2)17(11-12)15(18)10-16-14-6-4-3-5-7-14/h3-7,12-13,16H,8-11H2,1-2H3. The molecule has 98 valence electrons. The van der Waals surface area contributed by atoms with Crippen molar-refractivity contribution in [2.45, 2.75) is 32.7 Å². The van der Waals surface area contributed by atoms with Gasteiger partial charge < -0.3 is 10.2 Å². The molecule has 1 N–H and O–H groups in total. The van der Waals surface area contributed by atoms with E-state index in [0.717, 1.165) is 18.7 Å². The Morgan fingerprint density at radius 3 is 2.72 bits per heavy atom. The Morgan fingerprint density at radius 2 is 2.00 bits per heavy atom. The highest BCUT2D eigenvalue weighted by Crippen LogP contribution is 2.21. The number of benzene rings is 1. The number of amides is 1. The Morgan fingerprint density at radius 1 is 1.28 bits per heavy atom. The number of para-hydroxylation sites is 1. The van der Waals surface area contributed by atoms with Gasteiger partial charge in [0, 0.05) is 18.3 Å². The average molecular weight is 246 g/mol. The van der Waals surface area contributed by atoms with Gasteiger partial charge in [0.15, 0.2) is 0 Å². The Labute approximate surface area is 109 Å². The molecule has 3 nitrogen and oxygen atoms in total. The number of hydrogen-bond acceptors (Lipinski definition) is 2. The molecule has 18 heavy (non-hydrogen) atoms. The van der Waals surface area contributed by atoms with Gasteiger partial charge in [-0.1, -0.05) is 25.1 Å². The van der Waals surface area contributed by atoms with Crippen molar-refractivity contribution in [2.24, 2.45) is 5.92 Å². The van der Waals surface area contributed by atoms with Gasteiger partial charge in [-0.05, 0) is 37.8 Å². The van der Waals surface area contributed by atoms with Crippen LogP contribution in [0.15, 0.2) is 30.3 Å². The van der Waals surface area contributed by atoms with Crippen molar-refractivity contribution in [2.75, 3.05) is 18.4 Å². The van der Waals surface area contributed by atoms with Crippen LogP contribution < -0.4 is 5.32 Å². The molecule has 0 radical (unpaired) electrons. The molecule has 0 saturated carbocycles. The van der Waals surface area contributed by atoms with Crippen molar-refractivity contribution < 1.29 is 4.79 Å². The summed E-state index contributed by atoms with van der Waals surface area (Å²) in [5, 5.41) is 3.19. The van der Waals surface area contributed by atoms with E-state index in [0.29, 0.717) is 18.5 Å². The summed E-state index contributed by atoms with van der Waals surface area (Å²) in [5.74, 6) is 0.833. The van der Waals surface area contributed by atoms with E-state index in [1.807, 2.05) is 35.2 Å². The van der Waals surface area contributed by atoms with E-state index in [1.54, 1.807) is 0 Å².